The van der Waals surface area contributed by atoms with E-state index < -0.39 is 5.97 Å². The minimum Gasteiger partial charge on any atom is -0.478 e. The summed E-state index contributed by atoms with van der Waals surface area (Å²) in [6.07, 6.45) is 4.70. The summed E-state index contributed by atoms with van der Waals surface area (Å²) in [6, 6.07) is 4.81. The Labute approximate surface area is 98.3 Å². The number of aromatic carboxylic acids is 1. The maximum Gasteiger partial charge on any atom is 0.335 e. The van der Waals surface area contributed by atoms with E-state index in [1.807, 2.05) is 0 Å². The summed E-state index contributed by atoms with van der Waals surface area (Å²) in [5, 5.41) is 8.90. The predicted molar refractivity (Wildman–Crippen MR) is 62.2 cm³/mol. The van der Waals surface area contributed by atoms with Crippen LogP contribution in [0, 0.1) is 0 Å². The highest BCUT2D eigenvalue weighted by Gasteiger charge is 2.22. The highest BCUT2D eigenvalue weighted by molar-refractivity contribution is 5.91. The van der Waals surface area contributed by atoms with Gasteiger partial charge in [-0.25, -0.2) is 9.78 Å². The van der Waals surface area contributed by atoms with Crippen LogP contribution in [-0.2, 0) is 0 Å². The monoisotopic (exact) mass is 231 g/mol. The predicted octanol–water partition coefficient (Wildman–Crippen LogP) is 3.18. The molecule has 17 heavy (non-hydrogen) atoms. The highest BCUT2D eigenvalue weighted by atomic mass is 16.4. The topological polar surface area (TPSA) is 63.3 Å². The molecule has 88 valence electrons. The van der Waals surface area contributed by atoms with Gasteiger partial charge in [0.25, 0.3) is 0 Å². The van der Waals surface area contributed by atoms with E-state index in [1.54, 1.807) is 18.2 Å². The van der Waals surface area contributed by atoms with Crippen molar-refractivity contribution in [2.24, 2.45) is 0 Å². The lowest BCUT2D eigenvalue weighted by Crippen LogP contribution is -1.94. The number of carboxylic acids is 1. The van der Waals surface area contributed by atoms with Crippen molar-refractivity contribution in [2.45, 2.75) is 31.6 Å². The van der Waals surface area contributed by atoms with Crippen LogP contribution in [-0.4, -0.2) is 16.1 Å². The third kappa shape index (κ3) is 1.79. The van der Waals surface area contributed by atoms with Crippen molar-refractivity contribution in [2.75, 3.05) is 0 Å². The first-order valence-corrected chi connectivity index (χ1v) is 5.88. The molecule has 1 heterocycles. The summed E-state index contributed by atoms with van der Waals surface area (Å²) in [5.74, 6) is 0.237. The maximum atomic E-state index is 10.8. The fourth-order valence-corrected chi connectivity index (χ4v) is 2.42. The molecule has 2 aromatic rings. The Hall–Kier alpha value is -1.84. The molecule has 0 bridgehead atoms. The molecule has 0 amide bonds. The van der Waals surface area contributed by atoms with Crippen molar-refractivity contribution in [3.63, 3.8) is 0 Å². The molecule has 1 fully saturated rings. The van der Waals surface area contributed by atoms with Gasteiger partial charge in [0.2, 0.25) is 0 Å². The van der Waals surface area contributed by atoms with Crippen molar-refractivity contribution in [3.8, 4) is 0 Å². The fourth-order valence-electron chi connectivity index (χ4n) is 2.42. The van der Waals surface area contributed by atoms with Gasteiger partial charge in [-0.05, 0) is 31.0 Å². The van der Waals surface area contributed by atoms with E-state index in [9.17, 15) is 4.79 Å². The van der Waals surface area contributed by atoms with Gasteiger partial charge in [0, 0.05) is 5.92 Å². The van der Waals surface area contributed by atoms with Gasteiger partial charge in [-0.3, -0.25) is 0 Å². The molecule has 1 aliphatic rings. The van der Waals surface area contributed by atoms with Gasteiger partial charge in [0.15, 0.2) is 11.5 Å². The summed E-state index contributed by atoms with van der Waals surface area (Å²) < 4.78 is 5.67. The van der Waals surface area contributed by atoms with Gasteiger partial charge < -0.3 is 9.52 Å². The molecule has 0 radical (unpaired) electrons. The van der Waals surface area contributed by atoms with Crippen molar-refractivity contribution in [1.29, 1.82) is 0 Å². The quantitative estimate of drug-likeness (QED) is 0.862. The second kappa shape index (κ2) is 3.87. The summed E-state index contributed by atoms with van der Waals surface area (Å²) in [5.41, 5.74) is 1.57. The maximum absolute atomic E-state index is 10.8. The van der Waals surface area contributed by atoms with Gasteiger partial charge >= 0.3 is 5.97 Å². The Morgan fingerprint density at radius 2 is 2.12 bits per heavy atom. The van der Waals surface area contributed by atoms with Crippen LogP contribution in [0.15, 0.2) is 22.6 Å². The van der Waals surface area contributed by atoms with E-state index in [1.165, 1.54) is 12.8 Å². The number of carbonyl (C=O) groups is 1. The second-order valence-corrected chi connectivity index (χ2v) is 4.52. The summed E-state index contributed by atoms with van der Waals surface area (Å²) in [6.45, 7) is 0. The third-order valence-electron chi connectivity index (χ3n) is 3.36. The van der Waals surface area contributed by atoms with Crippen LogP contribution in [0.5, 0.6) is 0 Å². The Morgan fingerprint density at radius 3 is 2.82 bits per heavy atom. The Bertz CT molecular complexity index is 567. The van der Waals surface area contributed by atoms with E-state index in [0.717, 1.165) is 24.2 Å². The minimum atomic E-state index is -0.939. The van der Waals surface area contributed by atoms with Gasteiger partial charge in [0.1, 0.15) is 5.52 Å². The fraction of sp³-hybridized carbons (Fsp3) is 0.385. The third-order valence-corrected chi connectivity index (χ3v) is 3.36. The molecular weight excluding hydrogens is 218 g/mol. The highest BCUT2D eigenvalue weighted by Crippen LogP contribution is 2.35. The Morgan fingerprint density at radius 1 is 1.35 bits per heavy atom. The van der Waals surface area contributed by atoms with Gasteiger partial charge in [0.05, 0.1) is 5.56 Å². The van der Waals surface area contributed by atoms with Crippen LogP contribution in [0.2, 0.25) is 0 Å². The molecule has 1 saturated carbocycles. The molecular formula is C13H13NO3. The number of hydrogen-bond donors (Lipinski definition) is 1. The molecule has 4 nitrogen and oxygen atoms in total. The van der Waals surface area contributed by atoms with Crippen LogP contribution in [0.25, 0.3) is 11.1 Å². The van der Waals surface area contributed by atoms with Crippen molar-refractivity contribution in [3.05, 3.63) is 29.7 Å². The molecule has 1 aliphatic carbocycles. The standard InChI is InChI=1S/C13H13NO3/c15-13(16)9-5-6-10-11(7-9)17-12(14-10)8-3-1-2-4-8/h5-8H,1-4H2,(H,15,16). The SMILES string of the molecule is O=C(O)c1ccc2nc(C3CCCC3)oc2c1. The van der Waals surface area contributed by atoms with E-state index >= 15 is 0 Å². The first-order chi connectivity index (χ1) is 8.24. The molecule has 0 spiro atoms. The molecule has 1 aromatic heterocycles. The normalized spacial score (nSPS) is 16.7. The molecule has 3 rings (SSSR count). The van der Waals surface area contributed by atoms with E-state index in [4.69, 9.17) is 9.52 Å². The number of rotatable bonds is 2. The molecule has 4 heteroatoms. The van der Waals surface area contributed by atoms with Gasteiger partial charge in [-0.15, -0.1) is 0 Å². The van der Waals surface area contributed by atoms with Crippen LogP contribution in [0.3, 0.4) is 0 Å². The Kier molecular flexibility index (Phi) is 2.35. The second-order valence-electron chi connectivity index (χ2n) is 4.52. The lowest BCUT2D eigenvalue weighted by Gasteiger charge is -2.00. The number of oxazole rings is 1. The first kappa shape index (κ1) is 10.3. The van der Waals surface area contributed by atoms with Crippen LogP contribution < -0.4 is 0 Å². The van der Waals surface area contributed by atoms with Gasteiger partial charge in [-0.2, -0.15) is 0 Å². The van der Waals surface area contributed by atoms with Crippen molar-refractivity contribution >= 4 is 17.1 Å². The smallest absolute Gasteiger partial charge is 0.335 e. The minimum absolute atomic E-state index is 0.242. The first-order valence-electron chi connectivity index (χ1n) is 5.88. The Balaban J connectivity index is 2.03. The number of fused-ring (bicyclic) bond motifs is 1. The van der Waals surface area contributed by atoms with E-state index in [-0.39, 0.29) is 5.56 Å². The van der Waals surface area contributed by atoms with Crippen LogP contribution >= 0.6 is 0 Å². The number of aromatic nitrogens is 1. The van der Waals surface area contributed by atoms with Crippen LogP contribution in [0.4, 0.5) is 0 Å². The summed E-state index contributed by atoms with van der Waals surface area (Å²) in [4.78, 5) is 15.3. The van der Waals surface area contributed by atoms with Crippen molar-refractivity contribution in [1.82, 2.24) is 4.98 Å². The van der Waals surface area contributed by atoms with Gasteiger partial charge in [-0.1, -0.05) is 12.8 Å². The van der Waals surface area contributed by atoms with E-state index in [2.05, 4.69) is 4.98 Å². The molecule has 0 atom stereocenters. The number of nitrogens with zero attached hydrogens (tertiary/aromatic N) is 1. The zero-order chi connectivity index (χ0) is 11.8. The summed E-state index contributed by atoms with van der Waals surface area (Å²) >= 11 is 0. The number of benzene rings is 1. The zero-order valence-electron chi connectivity index (χ0n) is 9.35. The molecule has 0 aliphatic heterocycles. The summed E-state index contributed by atoms with van der Waals surface area (Å²) in [7, 11) is 0. The molecule has 0 saturated heterocycles. The van der Waals surface area contributed by atoms with Crippen molar-refractivity contribution < 1.29 is 14.3 Å². The van der Waals surface area contributed by atoms with E-state index in [0.29, 0.717) is 11.5 Å². The molecule has 0 unspecified atom stereocenters. The largest absolute Gasteiger partial charge is 0.478 e. The van der Waals surface area contributed by atoms with Crippen LogP contribution in [0.1, 0.15) is 47.8 Å². The zero-order valence-corrected chi connectivity index (χ0v) is 9.35. The molecule has 1 N–H and O–H groups in total. The lowest BCUT2D eigenvalue weighted by molar-refractivity contribution is 0.0697. The average Bonchev–Trinajstić information content (AvgIpc) is 2.96. The number of carboxylic acid groups (broad SMARTS) is 1. The average molecular weight is 231 g/mol. The lowest BCUT2D eigenvalue weighted by atomic mass is 10.1. The molecule has 1 aromatic carbocycles. The number of hydrogen-bond acceptors (Lipinski definition) is 3.